The Hall–Kier alpha value is -2.71. The summed E-state index contributed by atoms with van der Waals surface area (Å²) in [7, 11) is 0. The number of rotatable bonds is 19. The van der Waals surface area contributed by atoms with Crippen LogP contribution in [0.3, 0.4) is 0 Å². The van der Waals surface area contributed by atoms with Gasteiger partial charge in [0, 0.05) is 20.8 Å². The van der Waals surface area contributed by atoms with E-state index in [4.69, 9.17) is 52.1 Å². The fourth-order valence-corrected chi connectivity index (χ4v) is 9.58. The van der Waals surface area contributed by atoms with Crippen LogP contribution in [0.1, 0.15) is 20.8 Å². The van der Waals surface area contributed by atoms with Gasteiger partial charge in [-0.1, -0.05) is 0 Å². The van der Waals surface area contributed by atoms with Gasteiger partial charge < -0.3 is 155 Å². The van der Waals surface area contributed by atoms with Gasteiger partial charge in [0.05, 0.1) is 39.6 Å². The van der Waals surface area contributed by atoms with E-state index in [1.54, 1.807) is 0 Å². The van der Waals surface area contributed by atoms with Crippen molar-refractivity contribution in [2.45, 2.75) is 205 Å². The smallest absolute Gasteiger partial charge is 0.217 e. The molecule has 3 amide bonds. The highest BCUT2D eigenvalue weighted by molar-refractivity contribution is 5.74. The van der Waals surface area contributed by atoms with Gasteiger partial charge in [0.2, 0.25) is 17.7 Å². The number of aliphatic hydroxyl groups excluding tert-OH is 17. The van der Waals surface area contributed by atoms with Crippen LogP contribution >= 0.6 is 0 Å². The van der Waals surface area contributed by atoms with Gasteiger partial charge in [0.25, 0.3) is 0 Å². The van der Waals surface area contributed by atoms with E-state index >= 15 is 0 Å². The molecule has 0 spiro atoms. The maximum atomic E-state index is 12.5. The molecular weight excluding hydrogens is 1040 g/mol. The summed E-state index contributed by atoms with van der Waals surface area (Å²) in [4.78, 5) is 37.0. The number of ether oxygens (including phenoxy) is 11. The second-order valence-corrected chi connectivity index (χ2v) is 19.0. The highest BCUT2D eigenvalue weighted by Gasteiger charge is 2.58. The Balaban J connectivity index is 1.39. The number of nitrogens with one attached hydrogen (secondary N) is 3. The van der Waals surface area contributed by atoms with Crippen LogP contribution in [-0.2, 0) is 66.5 Å². The highest BCUT2D eigenvalue weighted by atomic mass is 16.8. The van der Waals surface area contributed by atoms with Crippen molar-refractivity contribution in [3.63, 3.8) is 0 Å². The lowest BCUT2D eigenvalue weighted by Gasteiger charge is -2.50. The van der Waals surface area contributed by atoms with Crippen molar-refractivity contribution in [2.75, 3.05) is 39.6 Å². The standard InChI is InChI=1S/C42H71N3O31/c1-10(51)43-19-27(59)22(54)13(4-46)68-38(19)73-33-18(9-66-41-35(30(62)25(57)16(7-49)71-41)75-39-20(44-11(2)52)28(60)23(55)14(5-47)69-39)67-37(65)32(64)34(33)74-42-36(31(63)26(58)17(8-50)72-42)76-40-21(45-12(3)53)29(61)24(56)15(6-48)70-40/h13-42,46-50,54-65H,4-9H2,1-3H3,(H,43,51)(H,44,52)(H,45,53)/t13-,14-,15-,16-,17-,18-,19-,20-,21-,22-,23-,24-,25-,26-,27-,28-,29-,30+,31+,32+,33-,34-,35+,36+,37+,38+,39+,40+,41+,42-/m1/s1. The number of aliphatic hydroxyl groups is 17. The third kappa shape index (κ3) is 13.7. The van der Waals surface area contributed by atoms with Crippen LogP contribution in [0.15, 0.2) is 0 Å². The van der Waals surface area contributed by atoms with Gasteiger partial charge >= 0.3 is 0 Å². The van der Waals surface area contributed by atoms with Crippen LogP contribution in [-0.4, -0.2) is 328 Å². The molecule has 0 aromatic carbocycles. The molecule has 30 atom stereocenters. The third-order valence-electron chi connectivity index (χ3n) is 13.6. The Labute approximate surface area is 431 Å². The molecule has 0 unspecified atom stereocenters. The molecule has 0 saturated carbocycles. The molecule has 34 nitrogen and oxygen atoms in total. The molecule has 0 bridgehead atoms. The van der Waals surface area contributed by atoms with Gasteiger partial charge in [-0.3, -0.25) is 14.4 Å². The van der Waals surface area contributed by atoms with Gasteiger partial charge in [0.1, 0.15) is 146 Å². The molecule has 6 rings (SSSR count). The van der Waals surface area contributed by atoms with Gasteiger partial charge in [-0.15, -0.1) is 0 Å². The van der Waals surface area contributed by atoms with Crippen LogP contribution in [0, 0.1) is 0 Å². The average Bonchev–Trinajstić information content (AvgIpc) is 3.37. The first-order valence-corrected chi connectivity index (χ1v) is 24.1. The average molecular weight is 1110 g/mol. The maximum absolute atomic E-state index is 12.5. The summed E-state index contributed by atoms with van der Waals surface area (Å²) in [6.07, 6.45) is -52.9. The number of hydrogen-bond acceptors (Lipinski definition) is 31. The van der Waals surface area contributed by atoms with Gasteiger partial charge in [-0.2, -0.15) is 0 Å². The van der Waals surface area contributed by atoms with Crippen LogP contribution < -0.4 is 16.0 Å². The highest BCUT2D eigenvalue weighted by Crippen LogP contribution is 2.37. The van der Waals surface area contributed by atoms with Crippen molar-refractivity contribution in [2.24, 2.45) is 0 Å². The fourth-order valence-electron chi connectivity index (χ4n) is 9.58. The molecule has 76 heavy (non-hydrogen) atoms. The molecule has 20 N–H and O–H groups in total. The minimum absolute atomic E-state index is 0.780. The maximum Gasteiger partial charge on any atom is 0.217 e. The van der Waals surface area contributed by atoms with Crippen molar-refractivity contribution >= 4 is 17.7 Å². The molecule has 0 radical (unpaired) electrons. The molecule has 6 fully saturated rings. The minimum Gasteiger partial charge on any atom is -0.394 e. The van der Waals surface area contributed by atoms with Crippen molar-refractivity contribution in [3.8, 4) is 0 Å². The molecule has 6 heterocycles. The summed E-state index contributed by atoms with van der Waals surface area (Å²) >= 11 is 0. The molecule has 34 heteroatoms. The molecule has 0 aromatic heterocycles. The van der Waals surface area contributed by atoms with Crippen molar-refractivity contribution in [1.82, 2.24) is 16.0 Å². The number of amides is 3. The van der Waals surface area contributed by atoms with Gasteiger partial charge in [-0.05, 0) is 0 Å². The predicted octanol–water partition coefficient (Wildman–Crippen LogP) is -13.7. The second kappa shape index (κ2) is 27.2. The van der Waals surface area contributed by atoms with Gasteiger partial charge in [0.15, 0.2) is 37.7 Å². The fraction of sp³-hybridized carbons (Fsp3) is 0.929. The van der Waals surface area contributed by atoms with Crippen LogP contribution in [0.2, 0.25) is 0 Å². The first-order chi connectivity index (χ1) is 35.9. The van der Waals surface area contributed by atoms with E-state index in [0.29, 0.717) is 0 Å². The molecule has 0 aromatic rings. The summed E-state index contributed by atoms with van der Waals surface area (Å²) < 4.78 is 64.8. The van der Waals surface area contributed by atoms with E-state index in [1.807, 2.05) is 0 Å². The zero-order chi connectivity index (χ0) is 56.2. The van der Waals surface area contributed by atoms with E-state index in [9.17, 15) is 101 Å². The van der Waals surface area contributed by atoms with E-state index in [2.05, 4.69) is 16.0 Å². The number of carbonyl (C=O) groups is 3. The quantitative estimate of drug-likeness (QED) is 0.0571. The Morgan fingerprint density at radius 1 is 0.342 bits per heavy atom. The van der Waals surface area contributed by atoms with Crippen molar-refractivity contribution in [1.29, 1.82) is 0 Å². The Kier molecular flexibility index (Phi) is 22.3. The summed E-state index contributed by atoms with van der Waals surface area (Å²) in [5.74, 6) is -2.42. The van der Waals surface area contributed by atoms with Crippen LogP contribution in [0.25, 0.3) is 0 Å². The lowest BCUT2D eigenvalue weighted by atomic mass is 9.94. The predicted molar refractivity (Wildman–Crippen MR) is 234 cm³/mol. The summed E-state index contributed by atoms with van der Waals surface area (Å²) in [5.41, 5.74) is 0. The third-order valence-corrected chi connectivity index (χ3v) is 13.6. The molecule has 6 saturated heterocycles. The Bertz CT molecular complexity index is 1870. The SMILES string of the molecule is CC(=O)N[C@H]1[C@H](O[C@@H]2[C@@H](OC[C@H]3O[C@H](O)[C@@H](O)[C@@H](O[C@H]4O[C@H](CO)[C@@H](O)[C@H](O)[C@@H]4O[C@@H]4O[C@H](CO)[C@@H](O)[C@H](O)[C@H]4NC(C)=O)[C@@H]3O[C@@H]3O[C@H](CO)[C@@H](O)[C@H](O)[C@H]3NC(C)=O)O[C@H](CO)[C@@H](O)[C@@H]2O)O[C@H](CO)[C@@H](O)[C@@H]1O. The number of hydrogen-bond donors (Lipinski definition) is 20. The van der Waals surface area contributed by atoms with E-state index < -0.39 is 241 Å². The minimum atomic E-state index is -2.37. The Morgan fingerprint density at radius 3 is 0.974 bits per heavy atom. The summed E-state index contributed by atoms with van der Waals surface area (Å²) in [6.45, 7) is -2.81. The van der Waals surface area contributed by atoms with Gasteiger partial charge in [-0.25, -0.2) is 0 Å². The molecule has 6 aliphatic heterocycles. The van der Waals surface area contributed by atoms with Crippen LogP contribution in [0.4, 0.5) is 0 Å². The monoisotopic (exact) mass is 1110 g/mol. The van der Waals surface area contributed by atoms with E-state index in [1.165, 1.54) is 0 Å². The van der Waals surface area contributed by atoms with Crippen molar-refractivity contribution in [3.05, 3.63) is 0 Å². The van der Waals surface area contributed by atoms with E-state index in [-0.39, 0.29) is 0 Å². The lowest BCUT2D eigenvalue weighted by Crippen LogP contribution is -2.70. The second-order valence-electron chi connectivity index (χ2n) is 19.0. The number of carbonyl (C=O) groups excluding carboxylic acids is 3. The summed E-state index contributed by atoms with van der Waals surface area (Å²) in [5, 5.41) is 190. The Morgan fingerprint density at radius 2 is 0.632 bits per heavy atom. The molecular formula is C42H71N3O31. The zero-order valence-corrected chi connectivity index (χ0v) is 40.9. The first kappa shape index (κ1) is 62.5. The van der Waals surface area contributed by atoms with Crippen LogP contribution in [0.5, 0.6) is 0 Å². The summed E-state index contributed by atoms with van der Waals surface area (Å²) in [6, 6.07) is -5.07. The molecule has 440 valence electrons. The molecule has 0 aliphatic carbocycles. The van der Waals surface area contributed by atoms with Crippen molar-refractivity contribution < 1.29 is 153 Å². The lowest BCUT2D eigenvalue weighted by molar-refractivity contribution is -0.396. The zero-order valence-electron chi connectivity index (χ0n) is 40.9. The molecule has 6 aliphatic rings. The van der Waals surface area contributed by atoms with E-state index in [0.717, 1.165) is 20.8 Å². The first-order valence-electron chi connectivity index (χ1n) is 24.1. The topological polar surface area (TPSA) is 533 Å². The largest absolute Gasteiger partial charge is 0.394 e. The normalized spacial score (nSPS) is 48.2.